The Bertz CT molecular complexity index is 437. The van der Waals surface area contributed by atoms with Gasteiger partial charge in [-0.05, 0) is 27.7 Å². The molecule has 0 radical (unpaired) electrons. The van der Waals surface area contributed by atoms with E-state index in [2.05, 4.69) is 12.2 Å². The Balaban J connectivity index is 2.30. The summed E-state index contributed by atoms with van der Waals surface area (Å²) in [4.78, 5) is 14.4. The second-order valence-electron chi connectivity index (χ2n) is 4.77. The molecule has 1 aromatic heterocycles. The molecule has 17 heavy (non-hydrogen) atoms. The lowest BCUT2D eigenvalue weighted by Crippen LogP contribution is -2.52. The summed E-state index contributed by atoms with van der Waals surface area (Å²) in [5, 5.41) is 3.29. The second-order valence-corrected chi connectivity index (χ2v) is 4.77. The minimum atomic E-state index is 0.103. The zero-order valence-corrected chi connectivity index (χ0v) is 11.0. The Hall–Kier alpha value is -1.29. The molecule has 4 nitrogen and oxygen atoms in total. The number of carbonyl (C=O) groups excluding carboxylic acids is 1. The van der Waals surface area contributed by atoms with Crippen molar-refractivity contribution in [2.75, 3.05) is 19.6 Å². The molecule has 1 saturated heterocycles. The van der Waals surface area contributed by atoms with E-state index in [1.165, 1.54) is 0 Å². The molecule has 0 aliphatic carbocycles. The van der Waals surface area contributed by atoms with E-state index in [1.807, 2.05) is 25.7 Å². The Labute approximate surface area is 102 Å². The van der Waals surface area contributed by atoms with E-state index in [9.17, 15) is 4.79 Å². The van der Waals surface area contributed by atoms with Crippen LogP contribution >= 0.6 is 0 Å². The molecule has 1 atom stereocenters. The van der Waals surface area contributed by atoms with Crippen molar-refractivity contribution in [3.8, 4) is 0 Å². The average molecular weight is 236 g/mol. The van der Waals surface area contributed by atoms with E-state index in [0.717, 1.165) is 42.3 Å². The minimum Gasteiger partial charge on any atom is -0.466 e. The summed E-state index contributed by atoms with van der Waals surface area (Å²) in [6.45, 7) is 10.3. The van der Waals surface area contributed by atoms with Gasteiger partial charge in [-0.25, -0.2) is 0 Å². The van der Waals surface area contributed by atoms with Gasteiger partial charge in [-0.2, -0.15) is 0 Å². The first-order chi connectivity index (χ1) is 8.02. The predicted molar refractivity (Wildman–Crippen MR) is 66.3 cm³/mol. The lowest BCUT2D eigenvalue weighted by atomic mass is 10.1. The molecule has 1 N–H and O–H groups in total. The normalized spacial score (nSPS) is 20.7. The van der Waals surface area contributed by atoms with Gasteiger partial charge in [0.25, 0.3) is 5.91 Å². The van der Waals surface area contributed by atoms with Gasteiger partial charge in [0.1, 0.15) is 11.5 Å². The summed E-state index contributed by atoms with van der Waals surface area (Å²) in [5.74, 6) is 1.68. The number of carbonyl (C=O) groups is 1. The molecule has 0 unspecified atom stereocenters. The second kappa shape index (κ2) is 4.53. The molecule has 94 valence electrons. The molecule has 4 heteroatoms. The van der Waals surface area contributed by atoms with E-state index < -0.39 is 0 Å². The topological polar surface area (TPSA) is 45.5 Å². The van der Waals surface area contributed by atoms with Crippen LogP contribution in [-0.4, -0.2) is 36.5 Å². The molecular weight excluding hydrogens is 216 g/mol. The van der Waals surface area contributed by atoms with Crippen LogP contribution in [0.3, 0.4) is 0 Å². The van der Waals surface area contributed by atoms with Crippen LogP contribution in [-0.2, 0) is 0 Å². The molecular formula is C13H20N2O2. The summed E-state index contributed by atoms with van der Waals surface area (Å²) in [6.07, 6.45) is 0. The van der Waals surface area contributed by atoms with Crippen LogP contribution in [0.15, 0.2) is 4.42 Å². The number of aryl methyl sites for hydroxylation is 2. The standard InChI is InChI=1S/C13H20N2O2/c1-8-7-14-5-6-15(8)13(16)12-9(2)10(3)17-11(12)4/h8,14H,5-7H2,1-4H3/t8-/m1/s1. The quantitative estimate of drug-likeness (QED) is 0.806. The molecule has 0 spiro atoms. The smallest absolute Gasteiger partial charge is 0.258 e. The maximum atomic E-state index is 12.5. The van der Waals surface area contributed by atoms with E-state index >= 15 is 0 Å². The van der Waals surface area contributed by atoms with E-state index in [-0.39, 0.29) is 11.9 Å². The van der Waals surface area contributed by atoms with Gasteiger partial charge in [-0.15, -0.1) is 0 Å². The molecule has 0 saturated carbocycles. The molecule has 1 aromatic rings. The first kappa shape index (κ1) is 12.2. The maximum absolute atomic E-state index is 12.5. The Morgan fingerprint density at radius 1 is 1.35 bits per heavy atom. The Kier molecular flexibility index (Phi) is 3.24. The summed E-state index contributed by atoms with van der Waals surface area (Å²) < 4.78 is 5.53. The van der Waals surface area contributed by atoms with Crippen LogP contribution in [0.4, 0.5) is 0 Å². The van der Waals surface area contributed by atoms with Crippen molar-refractivity contribution in [2.24, 2.45) is 0 Å². The third kappa shape index (κ3) is 2.09. The van der Waals surface area contributed by atoms with Crippen molar-refractivity contribution < 1.29 is 9.21 Å². The van der Waals surface area contributed by atoms with Crippen molar-refractivity contribution in [3.63, 3.8) is 0 Å². The average Bonchev–Trinajstić information content (AvgIpc) is 2.53. The van der Waals surface area contributed by atoms with E-state index in [0.29, 0.717) is 0 Å². The van der Waals surface area contributed by atoms with Gasteiger partial charge in [0.15, 0.2) is 0 Å². The Morgan fingerprint density at radius 3 is 2.59 bits per heavy atom. The lowest BCUT2D eigenvalue weighted by Gasteiger charge is -2.34. The highest BCUT2D eigenvalue weighted by atomic mass is 16.3. The number of hydrogen-bond donors (Lipinski definition) is 1. The number of piperazine rings is 1. The highest BCUT2D eigenvalue weighted by molar-refractivity contribution is 5.97. The Morgan fingerprint density at radius 2 is 2.06 bits per heavy atom. The van der Waals surface area contributed by atoms with E-state index in [1.54, 1.807) is 0 Å². The van der Waals surface area contributed by atoms with Gasteiger partial charge in [0, 0.05) is 31.2 Å². The predicted octanol–water partition coefficient (Wildman–Crippen LogP) is 1.64. The summed E-state index contributed by atoms with van der Waals surface area (Å²) in [6, 6.07) is 0.241. The largest absolute Gasteiger partial charge is 0.466 e. The monoisotopic (exact) mass is 236 g/mol. The molecule has 0 bridgehead atoms. The van der Waals surface area contributed by atoms with Crippen molar-refractivity contribution in [1.82, 2.24) is 10.2 Å². The maximum Gasteiger partial charge on any atom is 0.258 e. The van der Waals surface area contributed by atoms with Gasteiger partial charge >= 0.3 is 0 Å². The number of nitrogens with one attached hydrogen (secondary N) is 1. The van der Waals surface area contributed by atoms with Crippen LogP contribution in [0.1, 0.15) is 34.4 Å². The van der Waals surface area contributed by atoms with Crippen molar-refractivity contribution in [1.29, 1.82) is 0 Å². The van der Waals surface area contributed by atoms with Gasteiger partial charge in [0.05, 0.1) is 5.56 Å². The fraction of sp³-hybridized carbons (Fsp3) is 0.615. The number of amides is 1. The number of furan rings is 1. The highest BCUT2D eigenvalue weighted by Gasteiger charge is 2.28. The molecule has 1 amide bonds. The number of rotatable bonds is 1. The molecule has 2 heterocycles. The fourth-order valence-electron chi connectivity index (χ4n) is 2.39. The number of hydrogen-bond acceptors (Lipinski definition) is 3. The lowest BCUT2D eigenvalue weighted by molar-refractivity contribution is 0.0653. The third-order valence-corrected chi connectivity index (χ3v) is 3.54. The van der Waals surface area contributed by atoms with Crippen LogP contribution in [0.25, 0.3) is 0 Å². The zero-order valence-electron chi connectivity index (χ0n) is 11.0. The third-order valence-electron chi connectivity index (χ3n) is 3.54. The van der Waals surface area contributed by atoms with Crippen molar-refractivity contribution in [2.45, 2.75) is 33.7 Å². The van der Waals surface area contributed by atoms with Crippen LogP contribution in [0.2, 0.25) is 0 Å². The molecule has 0 aromatic carbocycles. The SMILES string of the molecule is Cc1oc(C)c(C(=O)N2CCNC[C@H]2C)c1C. The highest BCUT2D eigenvalue weighted by Crippen LogP contribution is 2.23. The number of nitrogens with zero attached hydrogens (tertiary/aromatic N) is 1. The van der Waals surface area contributed by atoms with Crippen LogP contribution in [0, 0.1) is 20.8 Å². The van der Waals surface area contributed by atoms with Gasteiger partial charge < -0.3 is 14.6 Å². The van der Waals surface area contributed by atoms with Crippen molar-refractivity contribution >= 4 is 5.91 Å². The van der Waals surface area contributed by atoms with Crippen LogP contribution in [0.5, 0.6) is 0 Å². The fourth-order valence-corrected chi connectivity index (χ4v) is 2.39. The van der Waals surface area contributed by atoms with Gasteiger partial charge in [0.2, 0.25) is 0 Å². The summed E-state index contributed by atoms with van der Waals surface area (Å²) >= 11 is 0. The molecule has 2 rings (SSSR count). The summed E-state index contributed by atoms with van der Waals surface area (Å²) in [7, 11) is 0. The molecule has 1 aliphatic rings. The first-order valence-electron chi connectivity index (χ1n) is 6.10. The van der Waals surface area contributed by atoms with Gasteiger partial charge in [-0.1, -0.05) is 0 Å². The zero-order chi connectivity index (χ0) is 12.6. The summed E-state index contributed by atoms with van der Waals surface area (Å²) in [5.41, 5.74) is 1.72. The van der Waals surface area contributed by atoms with E-state index in [4.69, 9.17) is 4.42 Å². The minimum absolute atomic E-state index is 0.103. The van der Waals surface area contributed by atoms with Crippen LogP contribution < -0.4 is 5.32 Å². The van der Waals surface area contributed by atoms with Gasteiger partial charge in [-0.3, -0.25) is 4.79 Å². The van der Waals surface area contributed by atoms with Crippen molar-refractivity contribution in [3.05, 3.63) is 22.6 Å². The molecule has 1 aliphatic heterocycles. The first-order valence-corrected chi connectivity index (χ1v) is 6.10. The molecule has 1 fully saturated rings.